The first-order chi connectivity index (χ1) is 18.6. The fourth-order valence-electron chi connectivity index (χ4n) is 6.31. The van der Waals surface area contributed by atoms with Gasteiger partial charge < -0.3 is 31.5 Å². The van der Waals surface area contributed by atoms with E-state index in [1.807, 2.05) is 0 Å². The number of rotatable bonds is 7. The average Bonchev–Trinajstić information content (AvgIpc) is 2.89. The molecule has 216 valence electrons. The molecular weight excluding hydrogens is 496 g/mol. The lowest BCUT2D eigenvalue weighted by molar-refractivity contribution is -0.137. The third-order valence-electron chi connectivity index (χ3n) is 8.63. The topological polar surface area (TPSA) is 149 Å². The van der Waals surface area contributed by atoms with Gasteiger partial charge in [0.2, 0.25) is 12.3 Å². The van der Waals surface area contributed by atoms with Crippen molar-refractivity contribution in [2.75, 3.05) is 45.8 Å². The SMILES string of the molecule is CC(C)(N)C(=O)N1CCN(C(=O)NC(/C=C\NC=O)=N/C2=CCC(CN3CCC4(CC3)CC(N)C4)CC2)CC1. The molecule has 2 heterocycles. The Balaban J connectivity index is 1.28. The van der Waals surface area contributed by atoms with Crippen molar-refractivity contribution >= 4 is 24.2 Å². The number of amidine groups is 1. The first-order valence-electron chi connectivity index (χ1n) is 14.3. The average molecular weight is 543 g/mol. The number of allylic oxidation sites excluding steroid dienone is 2. The smallest absolute Gasteiger partial charge is 0.323 e. The summed E-state index contributed by atoms with van der Waals surface area (Å²) in [4.78, 5) is 46.8. The minimum atomic E-state index is -0.936. The summed E-state index contributed by atoms with van der Waals surface area (Å²) in [7, 11) is 0. The van der Waals surface area contributed by atoms with Crippen LogP contribution in [0, 0.1) is 11.3 Å². The molecule has 6 N–H and O–H groups in total. The number of piperidine rings is 1. The number of aliphatic imine (C=N–C) groups is 1. The van der Waals surface area contributed by atoms with E-state index in [0.717, 1.165) is 31.5 Å². The highest BCUT2D eigenvalue weighted by Gasteiger charge is 2.44. The van der Waals surface area contributed by atoms with E-state index in [9.17, 15) is 14.4 Å². The minimum absolute atomic E-state index is 0.123. The Hall–Kier alpha value is -2.76. The number of nitrogens with zero attached hydrogens (tertiary/aromatic N) is 4. The zero-order chi connectivity index (χ0) is 28.0. The van der Waals surface area contributed by atoms with Crippen LogP contribution in [0.1, 0.15) is 58.8 Å². The quantitative estimate of drug-likeness (QED) is 0.215. The Kier molecular flexibility index (Phi) is 9.45. The van der Waals surface area contributed by atoms with E-state index in [1.165, 1.54) is 45.0 Å². The van der Waals surface area contributed by atoms with Crippen molar-refractivity contribution in [2.45, 2.75) is 70.4 Å². The Morgan fingerprint density at radius 1 is 1.13 bits per heavy atom. The molecule has 1 atom stereocenters. The Morgan fingerprint density at radius 3 is 2.36 bits per heavy atom. The third-order valence-corrected chi connectivity index (χ3v) is 8.63. The molecule has 1 saturated carbocycles. The van der Waals surface area contributed by atoms with E-state index in [4.69, 9.17) is 16.5 Å². The van der Waals surface area contributed by atoms with Crippen LogP contribution in [-0.4, -0.2) is 96.3 Å². The molecule has 11 nitrogen and oxygen atoms in total. The summed E-state index contributed by atoms with van der Waals surface area (Å²) in [5.74, 6) is 0.868. The predicted molar refractivity (Wildman–Crippen MR) is 151 cm³/mol. The number of hydrogen-bond donors (Lipinski definition) is 4. The molecule has 0 radical (unpaired) electrons. The summed E-state index contributed by atoms with van der Waals surface area (Å²) in [5, 5.41) is 5.35. The molecule has 4 amide bonds. The minimum Gasteiger partial charge on any atom is -0.338 e. The van der Waals surface area contributed by atoms with E-state index in [-0.39, 0.29) is 11.9 Å². The molecule has 0 bridgehead atoms. The van der Waals surface area contributed by atoms with Gasteiger partial charge in [-0.2, -0.15) is 0 Å². The number of carbonyl (C=O) groups is 3. The molecule has 2 saturated heterocycles. The van der Waals surface area contributed by atoms with E-state index in [2.05, 4.69) is 21.6 Å². The van der Waals surface area contributed by atoms with E-state index < -0.39 is 5.54 Å². The highest BCUT2D eigenvalue weighted by Crippen LogP contribution is 2.48. The van der Waals surface area contributed by atoms with Gasteiger partial charge in [0.25, 0.3) is 0 Å². The standard InChI is InChI=1S/C28H46N8O3/c1-27(2,30)25(38)35-13-15-36(16-14-35)26(39)33-24(7-10-31-20-37)32-23-5-3-21(4-6-23)19-34-11-8-28(9-12-34)17-22(29)18-28/h5,7,10,20-22H,3-4,6,8-9,11-19,29-30H2,1-2H3,(H,31,37)(H,32,33,39)/b10-7-. The molecule has 0 aromatic rings. The van der Waals surface area contributed by atoms with Crippen LogP contribution in [0.15, 0.2) is 29.0 Å². The molecule has 1 spiro atoms. The summed E-state index contributed by atoms with van der Waals surface area (Å²) in [6, 6.07) is 0.135. The summed E-state index contributed by atoms with van der Waals surface area (Å²) in [6.45, 7) is 8.53. The van der Waals surface area contributed by atoms with Crippen LogP contribution < -0.4 is 22.1 Å². The van der Waals surface area contributed by atoms with Crippen molar-refractivity contribution in [3.8, 4) is 0 Å². The molecule has 2 aliphatic carbocycles. The molecule has 2 aliphatic heterocycles. The number of nitrogens with two attached hydrogens (primary N) is 2. The maximum atomic E-state index is 13.0. The van der Waals surface area contributed by atoms with Gasteiger partial charge in [0, 0.05) is 50.7 Å². The van der Waals surface area contributed by atoms with Gasteiger partial charge >= 0.3 is 6.03 Å². The van der Waals surface area contributed by atoms with Crippen LogP contribution in [-0.2, 0) is 9.59 Å². The maximum absolute atomic E-state index is 13.0. The van der Waals surface area contributed by atoms with Gasteiger partial charge in [0.1, 0.15) is 5.84 Å². The second kappa shape index (κ2) is 12.6. The second-order valence-corrected chi connectivity index (χ2v) is 12.4. The van der Waals surface area contributed by atoms with Gasteiger partial charge in [-0.3, -0.25) is 14.9 Å². The summed E-state index contributed by atoms with van der Waals surface area (Å²) >= 11 is 0. The van der Waals surface area contributed by atoms with Crippen molar-refractivity contribution in [1.82, 2.24) is 25.3 Å². The fraction of sp³-hybridized carbons (Fsp3) is 0.714. The molecule has 3 fully saturated rings. The lowest BCUT2D eigenvalue weighted by Crippen LogP contribution is -2.59. The van der Waals surface area contributed by atoms with Crippen molar-refractivity contribution in [1.29, 1.82) is 0 Å². The zero-order valence-corrected chi connectivity index (χ0v) is 23.5. The lowest BCUT2D eigenvalue weighted by Gasteiger charge is -2.51. The number of piperazine rings is 1. The van der Waals surface area contributed by atoms with Crippen LogP contribution in [0.3, 0.4) is 0 Å². The molecule has 1 unspecified atom stereocenters. The molecule has 0 aromatic heterocycles. The van der Waals surface area contributed by atoms with Crippen LogP contribution in [0.4, 0.5) is 4.79 Å². The number of nitrogens with one attached hydrogen (secondary N) is 2. The molecular formula is C28H46N8O3. The monoisotopic (exact) mass is 542 g/mol. The van der Waals surface area contributed by atoms with Gasteiger partial charge in [0.15, 0.2) is 0 Å². The molecule has 4 rings (SSSR count). The number of carbonyl (C=O) groups excluding carboxylic acids is 3. The highest BCUT2D eigenvalue weighted by atomic mass is 16.2. The fourth-order valence-corrected chi connectivity index (χ4v) is 6.31. The van der Waals surface area contributed by atoms with E-state index in [0.29, 0.717) is 55.8 Å². The summed E-state index contributed by atoms with van der Waals surface area (Å²) in [6.07, 6.45) is 13.6. The number of hydrogen-bond acceptors (Lipinski definition) is 7. The van der Waals surface area contributed by atoms with Gasteiger partial charge in [0.05, 0.1) is 5.54 Å². The number of amides is 4. The summed E-state index contributed by atoms with van der Waals surface area (Å²) in [5.41, 5.74) is 12.5. The van der Waals surface area contributed by atoms with Gasteiger partial charge in [-0.1, -0.05) is 6.08 Å². The van der Waals surface area contributed by atoms with Crippen molar-refractivity contribution in [2.24, 2.45) is 27.8 Å². The van der Waals surface area contributed by atoms with Gasteiger partial charge in [-0.25, -0.2) is 9.79 Å². The van der Waals surface area contributed by atoms with Crippen LogP contribution in [0.5, 0.6) is 0 Å². The van der Waals surface area contributed by atoms with Crippen molar-refractivity contribution < 1.29 is 14.4 Å². The number of urea groups is 1. The Morgan fingerprint density at radius 2 is 1.79 bits per heavy atom. The molecule has 39 heavy (non-hydrogen) atoms. The highest BCUT2D eigenvalue weighted by molar-refractivity contribution is 6.04. The lowest BCUT2D eigenvalue weighted by atomic mass is 9.60. The van der Waals surface area contributed by atoms with Crippen LogP contribution in [0.25, 0.3) is 0 Å². The maximum Gasteiger partial charge on any atom is 0.323 e. The third kappa shape index (κ3) is 7.89. The normalized spacial score (nSPS) is 24.9. The second-order valence-electron chi connectivity index (χ2n) is 12.4. The largest absolute Gasteiger partial charge is 0.338 e. The zero-order valence-electron chi connectivity index (χ0n) is 23.5. The summed E-state index contributed by atoms with van der Waals surface area (Å²) < 4.78 is 0. The van der Waals surface area contributed by atoms with Gasteiger partial charge in [-0.05, 0) is 89.3 Å². The Labute approximate surface area is 232 Å². The van der Waals surface area contributed by atoms with Crippen LogP contribution >= 0.6 is 0 Å². The van der Waals surface area contributed by atoms with E-state index in [1.54, 1.807) is 29.7 Å². The molecule has 0 aromatic carbocycles. The van der Waals surface area contributed by atoms with Crippen LogP contribution in [0.2, 0.25) is 0 Å². The van der Waals surface area contributed by atoms with Crippen molar-refractivity contribution in [3.05, 3.63) is 24.0 Å². The van der Waals surface area contributed by atoms with E-state index >= 15 is 0 Å². The molecule has 4 aliphatic rings. The first kappa shape index (κ1) is 29.2. The van der Waals surface area contributed by atoms with Crippen molar-refractivity contribution in [3.63, 3.8) is 0 Å². The van der Waals surface area contributed by atoms with Gasteiger partial charge in [-0.15, -0.1) is 0 Å². The predicted octanol–water partition coefficient (Wildman–Crippen LogP) is 1.12. The number of likely N-dealkylation sites (tertiary alicyclic amines) is 1. The Bertz CT molecular complexity index is 977. The first-order valence-corrected chi connectivity index (χ1v) is 14.3. The molecule has 11 heteroatoms.